The minimum Gasteiger partial charge on any atom is -0.481 e. The predicted octanol–water partition coefficient (Wildman–Crippen LogP) is 0.944. The van der Waals surface area contributed by atoms with Crippen LogP contribution in [0.4, 0.5) is 0 Å². The van der Waals surface area contributed by atoms with Gasteiger partial charge in [0.05, 0.1) is 6.42 Å². The second-order valence-electron chi connectivity index (χ2n) is 3.34. The van der Waals surface area contributed by atoms with E-state index in [9.17, 15) is 4.79 Å². The molecule has 1 rings (SSSR count). The molecule has 1 aliphatic rings. The van der Waals surface area contributed by atoms with Gasteiger partial charge in [-0.1, -0.05) is 0 Å². The lowest BCUT2D eigenvalue weighted by molar-refractivity contribution is -0.138. The van der Waals surface area contributed by atoms with Crippen LogP contribution in [0.5, 0.6) is 0 Å². The highest BCUT2D eigenvalue weighted by Crippen LogP contribution is 2.27. The molecular weight excluding hydrogens is 142 g/mol. The van der Waals surface area contributed by atoms with Crippen molar-refractivity contribution in [1.82, 2.24) is 4.90 Å². The van der Waals surface area contributed by atoms with Gasteiger partial charge in [0.1, 0.15) is 0 Å². The normalized spacial score (nSPS) is 20.3. The van der Waals surface area contributed by atoms with E-state index in [1.165, 1.54) is 12.8 Å². The van der Waals surface area contributed by atoms with E-state index in [0.29, 0.717) is 6.04 Å². The van der Waals surface area contributed by atoms with E-state index < -0.39 is 5.97 Å². The van der Waals surface area contributed by atoms with Crippen LogP contribution in [0.1, 0.15) is 26.2 Å². The van der Waals surface area contributed by atoms with E-state index >= 15 is 0 Å². The Balaban J connectivity index is 2.26. The predicted molar refractivity (Wildman–Crippen MR) is 42.5 cm³/mol. The third-order valence-electron chi connectivity index (χ3n) is 2.29. The Morgan fingerprint density at radius 2 is 2.27 bits per heavy atom. The first-order valence-corrected chi connectivity index (χ1v) is 4.05. The quantitative estimate of drug-likeness (QED) is 0.660. The Morgan fingerprint density at radius 3 is 2.64 bits per heavy atom. The molecule has 0 aromatic heterocycles. The average molecular weight is 157 g/mol. The van der Waals surface area contributed by atoms with Crippen molar-refractivity contribution in [2.24, 2.45) is 0 Å². The second kappa shape index (κ2) is 3.22. The maximum atomic E-state index is 10.3. The van der Waals surface area contributed by atoms with E-state index in [4.69, 9.17) is 5.11 Å². The first-order valence-electron chi connectivity index (χ1n) is 4.05. The van der Waals surface area contributed by atoms with Crippen molar-refractivity contribution >= 4 is 5.97 Å². The van der Waals surface area contributed by atoms with E-state index in [2.05, 4.69) is 4.90 Å². The molecule has 0 spiro atoms. The molecule has 0 saturated heterocycles. The Bertz CT molecular complexity index is 154. The third kappa shape index (κ3) is 2.50. The maximum Gasteiger partial charge on any atom is 0.304 e. The number of aliphatic carboxylic acids is 1. The lowest BCUT2D eigenvalue weighted by atomic mass is 10.2. The number of carboxylic acid groups (broad SMARTS) is 1. The van der Waals surface area contributed by atoms with Crippen LogP contribution >= 0.6 is 0 Å². The van der Waals surface area contributed by atoms with E-state index in [1.807, 2.05) is 14.0 Å². The zero-order valence-corrected chi connectivity index (χ0v) is 7.08. The zero-order valence-electron chi connectivity index (χ0n) is 7.08. The van der Waals surface area contributed by atoms with Gasteiger partial charge < -0.3 is 10.0 Å². The molecule has 1 saturated carbocycles. The van der Waals surface area contributed by atoms with Crippen LogP contribution in [0.25, 0.3) is 0 Å². The summed E-state index contributed by atoms with van der Waals surface area (Å²) in [7, 11) is 2.01. The maximum absolute atomic E-state index is 10.3. The zero-order chi connectivity index (χ0) is 8.43. The molecule has 0 aromatic carbocycles. The summed E-state index contributed by atoms with van der Waals surface area (Å²) in [6.45, 7) is 1.96. The van der Waals surface area contributed by atoms with Crippen molar-refractivity contribution in [3.63, 3.8) is 0 Å². The van der Waals surface area contributed by atoms with Crippen molar-refractivity contribution in [3.8, 4) is 0 Å². The molecule has 0 radical (unpaired) electrons. The Kier molecular flexibility index (Phi) is 2.49. The van der Waals surface area contributed by atoms with Crippen molar-refractivity contribution in [2.45, 2.75) is 38.3 Å². The van der Waals surface area contributed by atoms with Gasteiger partial charge in [0.15, 0.2) is 0 Å². The van der Waals surface area contributed by atoms with Gasteiger partial charge in [-0.05, 0) is 26.8 Å². The first kappa shape index (κ1) is 8.53. The number of carboxylic acids is 1. The Hall–Kier alpha value is -0.570. The molecule has 0 aromatic rings. The highest BCUT2D eigenvalue weighted by atomic mass is 16.4. The molecule has 3 heteroatoms. The molecule has 11 heavy (non-hydrogen) atoms. The summed E-state index contributed by atoms with van der Waals surface area (Å²) < 4.78 is 0. The largest absolute Gasteiger partial charge is 0.481 e. The summed E-state index contributed by atoms with van der Waals surface area (Å²) in [5, 5.41) is 8.51. The summed E-state index contributed by atoms with van der Waals surface area (Å²) in [5.74, 6) is -0.704. The minimum atomic E-state index is -0.704. The topological polar surface area (TPSA) is 40.5 Å². The standard InChI is InChI=1S/C8H15NO2/c1-6(5-8(10)11)9(2)7-3-4-7/h6-7H,3-5H2,1-2H3,(H,10,11). The summed E-state index contributed by atoms with van der Waals surface area (Å²) in [6, 6.07) is 0.837. The van der Waals surface area contributed by atoms with Gasteiger partial charge in [-0.3, -0.25) is 4.79 Å². The van der Waals surface area contributed by atoms with Crippen LogP contribution < -0.4 is 0 Å². The summed E-state index contributed by atoms with van der Waals surface area (Å²) >= 11 is 0. The Labute approximate surface area is 67.0 Å². The molecule has 1 fully saturated rings. The van der Waals surface area contributed by atoms with Crippen LogP contribution in [0.3, 0.4) is 0 Å². The fourth-order valence-electron chi connectivity index (χ4n) is 1.24. The monoisotopic (exact) mass is 157 g/mol. The molecule has 0 amide bonds. The Morgan fingerprint density at radius 1 is 1.73 bits per heavy atom. The summed E-state index contributed by atoms with van der Waals surface area (Å²) in [5.41, 5.74) is 0. The van der Waals surface area contributed by atoms with Crippen molar-refractivity contribution in [3.05, 3.63) is 0 Å². The lowest BCUT2D eigenvalue weighted by Crippen LogP contribution is -2.32. The smallest absolute Gasteiger partial charge is 0.304 e. The molecule has 3 nitrogen and oxygen atoms in total. The molecule has 0 bridgehead atoms. The van der Waals surface area contributed by atoms with Crippen LogP contribution in [0.15, 0.2) is 0 Å². The van der Waals surface area contributed by atoms with E-state index in [1.54, 1.807) is 0 Å². The average Bonchev–Trinajstić information content (AvgIpc) is 2.65. The number of hydrogen-bond donors (Lipinski definition) is 1. The van der Waals surface area contributed by atoms with Gasteiger partial charge in [0.25, 0.3) is 0 Å². The highest BCUT2D eigenvalue weighted by molar-refractivity contribution is 5.67. The molecule has 0 heterocycles. The van der Waals surface area contributed by atoms with Crippen molar-refractivity contribution in [2.75, 3.05) is 7.05 Å². The number of hydrogen-bond acceptors (Lipinski definition) is 2. The van der Waals surface area contributed by atoms with Gasteiger partial charge in [0, 0.05) is 12.1 Å². The van der Waals surface area contributed by atoms with Gasteiger partial charge in [-0.25, -0.2) is 0 Å². The molecule has 1 N–H and O–H groups in total. The molecule has 64 valence electrons. The van der Waals surface area contributed by atoms with Crippen LogP contribution in [0.2, 0.25) is 0 Å². The van der Waals surface area contributed by atoms with Crippen LogP contribution in [0, 0.1) is 0 Å². The summed E-state index contributed by atoms with van der Waals surface area (Å²) in [6.07, 6.45) is 2.73. The van der Waals surface area contributed by atoms with Gasteiger partial charge in [-0.15, -0.1) is 0 Å². The van der Waals surface area contributed by atoms with Gasteiger partial charge in [0.2, 0.25) is 0 Å². The summed E-state index contributed by atoms with van der Waals surface area (Å²) in [4.78, 5) is 12.5. The first-order chi connectivity index (χ1) is 5.11. The van der Waals surface area contributed by atoms with Crippen LogP contribution in [-0.2, 0) is 4.79 Å². The fraction of sp³-hybridized carbons (Fsp3) is 0.875. The van der Waals surface area contributed by atoms with Crippen molar-refractivity contribution in [1.29, 1.82) is 0 Å². The number of rotatable bonds is 4. The third-order valence-corrected chi connectivity index (χ3v) is 2.29. The highest BCUT2D eigenvalue weighted by Gasteiger charge is 2.29. The fourth-order valence-corrected chi connectivity index (χ4v) is 1.24. The molecule has 1 unspecified atom stereocenters. The van der Waals surface area contributed by atoms with Gasteiger partial charge >= 0.3 is 5.97 Å². The van der Waals surface area contributed by atoms with Crippen molar-refractivity contribution < 1.29 is 9.90 Å². The van der Waals surface area contributed by atoms with Crippen LogP contribution in [-0.4, -0.2) is 35.1 Å². The second-order valence-corrected chi connectivity index (χ2v) is 3.34. The van der Waals surface area contributed by atoms with E-state index in [0.717, 1.165) is 0 Å². The minimum absolute atomic E-state index is 0.181. The number of nitrogens with zero attached hydrogens (tertiary/aromatic N) is 1. The number of carbonyl (C=O) groups is 1. The molecule has 0 aliphatic heterocycles. The molecular formula is C8H15NO2. The van der Waals surface area contributed by atoms with E-state index in [-0.39, 0.29) is 12.5 Å². The lowest BCUT2D eigenvalue weighted by Gasteiger charge is -2.22. The molecule has 1 atom stereocenters. The molecule has 1 aliphatic carbocycles. The SMILES string of the molecule is CC(CC(=O)O)N(C)C1CC1. The van der Waals surface area contributed by atoms with Gasteiger partial charge in [-0.2, -0.15) is 0 Å².